The molecule has 2 heterocycles. The van der Waals surface area contributed by atoms with E-state index < -0.39 is 0 Å². The molecule has 6 nitrogen and oxygen atoms in total. The molecule has 1 aliphatic rings. The molecule has 0 aliphatic carbocycles. The summed E-state index contributed by atoms with van der Waals surface area (Å²) >= 11 is 3.35. The lowest BCUT2D eigenvalue weighted by atomic mass is 10.1. The molecule has 28 heavy (non-hydrogen) atoms. The summed E-state index contributed by atoms with van der Waals surface area (Å²) in [6.07, 6.45) is 11.1. The first kappa shape index (κ1) is 23.7. The van der Waals surface area contributed by atoms with Crippen LogP contribution >= 0.6 is 23.5 Å². The van der Waals surface area contributed by atoms with E-state index >= 15 is 0 Å². The fourth-order valence-corrected chi connectivity index (χ4v) is 4.44. The van der Waals surface area contributed by atoms with Crippen molar-refractivity contribution in [2.24, 2.45) is 0 Å². The number of nitrogens with one attached hydrogen (secondary N) is 1. The zero-order valence-electron chi connectivity index (χ0n) is 18.0. The van der Waals surface area contributed by atoms with Gasteiger partial charge in [0.2, 0.25) is 5.95 Å². The quantitative estimate of drug-likeness (QED) is 0.352. The number of hydrogen-bond acceptors (Lipinski definition) is 8. The molecule has 1 aromatic heterocycles. The Hall–Kier alpha value is -0.570. The molecule has 1 fully saturated rings. The molecule has 1 saturated heterocycles. The molecule has 0 aromatic carbocycles. The Morgan fingerprint density at radius 3 is 2.36 bits per heavy atom. The Morgan fingerprint density at radius 1 is 0.893 bits per heavy atom. The molecule has 0 spiro atoms. The van der Waals surface area contributed by atoms with Gasteiger partial charge < -0.3 is 15.1 Å². The Labute approximate surface area is 180 Å². The van der Waals surface area contributed by atoms with Crippen LogP contribution in [-0.4, -0.2) is 83.1 Å². The Balaban J connectivity index is 1.67. The van der Waals surface area contributed by atoms with Crippen LogP contribution in [0.2, 0.25) is 0 Å². The number of unbranched alkanes of at least 4 members (excludes halogenated alkanes) is 5. The van der Waals surface area contributed by atoms with Crippen molar-refractivity contribution in [2.75, 3.05) is 63.6 Å². The molecular formula is C20H38N6S2. The molecular weight excluding hydrogens is 388 g/mol. The molecule has 8 heteroatoms. The molecule has 0 amide bonds. The fourth-order valence-electron chi connectivity index (χ4n) is 3.19. The van der Waals surface area contributed by atoms with Gasteiger partial charge in [-0.3, -0.25) is 0 Å². The van der Waals surface area contributed by atoms with Crippen molar-refractivity contribution in [1.29, 1.82) is 0 Å². The minimum Gasteiger partial charge on any atom is -0.354 e. The van der Waals surface area contributed by atoms with Crippen molar-refractivity contribution < 1.29 is 0 Å². The van der Waals surface area contributed by atoms with Crippen LogP contribution in [0.4, 0.5) is 5.95 Å². The maximum atomic E-state index is 4.62. The van der Waals surface area contributed by atoms with Gasteiger partial charge in [0.15, 0.2) is 10.3 Å². The third-order valence-electron chi connectivity index (χ3n) is 5.04. The van der Waals surface area contributed by atoms with Crippen LogP contribution in [0.3, 0.4) is 0 Å². The molecule has 160 valence electrons. The van der Waals surface area contributed by atoms with E-state index in [4.69, 9.17) is 0 Å². The van der Waals surface area contributed by atoms with Gasteiger partial charge in [0, 0.05) is 38.5 Å². The van der Waals surface area contributed by atoms with Crippen LogP contribution in [0.1, 0.15) is 51.9 Å². The third kappa shape index (κ3) is 9.76. The van der Waals surface area contributed by atoms with Crippen LogP contribution in [-0.2, 0) is 0 Å². The average molecular weight is 427 g/mol. The van der Waals surface area contributed by atoms with Gasteiger partial charge in [0.25, 0.3) is 0 Å². The molecule has 0 radical (unpaired) electrons. The summed E-state index contributed by atoms with van der Waals surface area (Å²) in [4.78, 5) is 18.6. The average Bonchev–Trinajstić information content (AvgIpc) is 2.71. The second-order valence-corrected chi connectivity index (χ2v) is 9.31. The fraction of sp³-hybridized carbons (Fsp3) is 0.850. The van der Waals surface area contributed by atoms with Crippen molar-refractivity contribution in [1.82, 2.24) is 24.8 Å². The first-order chi connectivity index (χ1) is 13.7. The Morgan fingerprint density at radius 2 is 1.61 bits per heavy atom. The molecule has 1 N–H and O–H groups in total. The van der Waals surface area contributed by atoms with E-state index in [2.05, 4.69) is 44.0 Å². The van der Waals surface area contributed by atoms with Crippen molar-refractivity contribution >= 4 is 29.5 Å². The van der Waals surface area contributed by atoms with Gasteiger partial charge in [-0.25, -0.2) is 0 Å². The number of hydrogen-bond donors (Lipinski definition) is 1. The number of piperazine rings is 1. The van der Waals surface area contributed by atoms with Gasteiger partial charge in [-0.2, -0.15) is 15.0 Å². The van der Waals surface area contributed by atoms with Crippen LogP contribution < -0.4 is 5.32 Å². The summed E-state index contributed by atoms with van der Waals surface area (Å²) < 4.78 is 0. The summed E-state index contributed by atoms with van der Waals surface area (Å²) in [7, 11) is 2.20. The van der Waals surface area contributed by atoms with Crippen LogP contribution in [0.5, 0.6) is 0 Å². The molecule has 2 rings (SSSR count). The lowest BCUT2D eigenvalue weighted by Gasteiger charge is -2.32. The summed E-state index contributed by atoms with van der Waals surface area (Å²) in [5, 5.41) is 5.07. The summed E-state index contributed by atoms with van der Waals surface area (Å²) in [5.41, 5.74) is 0. The third-order valence-corrected chi connectivity index (χ3v) is 6.52. The second-order valence-electron chi connectivity index (χ2n) is 7.47. The van der Waals surface area contributed by atoms with Gasteiger partial charge in [-0.15, -0.1) is 0 Å². The number of aromatic nitrogens is 3. The molecule has 0 unspecified atom stereocenters. The van der Waals surface area contributed by atoms with Gasteiger partial charge in [0.1, 0.15) is 0 Å². The predicted octanol–water partition coefficient (Wildman–Crippen LogP) is 4.10. The highest BCUT2D eigenvalue weighted by molar-refractivity contribution is 7.99. The summed E-state index contributed by atoms with van der Waals surface area (Å²) in [5.74, 6) is 1.82. The van der Waals surface area contributed by atoms with Crippen molar-refractivity contribution in [2.45, 2.75) is 62.2 Å². The summed E-state index contributed by atoms with van der Waals surface area (Å²) in [6.45, 7) is 9.02. The van der Waals surface area contributed by atoms with E-state index in [1.807, 2.05) is 6.26 Å². The van der Waals surface area contributed by atoms with Crippen molar-refractivity contribution in [3.05, 3.63) is 0 Å². The standard InChI is InChI=1S/C20H38N6S2/c1-4-5-6-7-8-9-17-28-20-23-18(22-19(24-20)27-3)21-11-10-12-26-15-13-25(2)14-16-26/h4-17H2,1-3H3,(H,21,22,23,24). The second kappa shape index (κ2) is 14.4. The topological polar surface area (TPSA) is 57.2 Å². The summed E-state index contributed by atoms with van der Waals surface area (Å²) in [6, 6.07) is 0. The van der Waals surface area contributed by atoms with E-state index in [-0.39, 0.29) is 0 Å². The highest BCUT2D eigenvalue weighted by Gasteiger charge is 2.13. The van der Waals surface area contributed by atoms with Crippen LogP contribution in [0.25, 0.3) is 0 Å². The maximum absolute atomic E-state index is 4.62. The Kier molecular flexibility index (Phi) is 12.2. The normalized spacial score (nSPS) is 15.8. The molecule has 0 saturated carbocycles. The van der Waals surface area contributed by atoms with Gasteiger partial charge >= 0.3 is 0 Å². The van der Waals surface area contributed by atoms with Gasteiger partial charge in [-0.1, -0.05) is 62.6 Å². The SMILES string of the molecule is CCCCCCCCSc1nc(NCCCN2CCN(C)CC2)nc(SC)n1. The van der Waals surface area contributed by atoms with Crippen LogP contribution in [0.15, 0.2) is 10.3 Å². The van der Waals surface area contributed by atoms with Gasteiger partial charge in [0.05, 0.1) is 0 Å². The molecule has 0 atom stereocenters. The highest BCUT2D eigenvalue weighted by atomic mass is 32.2. The first-order valence-electron chi connectivity index (χ1n) is 10.8. The number of thioether (sulfide) groups is 2. The minimum atomic E-state index is 0.725. The lowest BCUT2D eigenvalue weighted by molar-refractivity contribution is 0.154. The largest absolute Gasteiger partial charge is 0.354 e. The predicted molar refractivity (Wildman–Crippen MR) is 123 cm³/mol. The number of rotatable bonds is 14. The van der Waals surface area contributed by atoms with Crippen molar-refractivity contribution in [3.8, 4) is 0 Å². The number of nitrogens with zero attached hydrogens (tertiary/aromatic N) is 5. The first-order valence-corrected chi connectivity index (χ1v) is 13.0. The van der Waals surface area contributed by atoms with Gasteiger partial charge in [-0.05, 0) is 32.7 Å². The van der Waals surface area contributed by atoms with Crippen LogP contribution in [0, 0.1) is 0 Å². The molecule has 1 aromatic rings. The monoisotopic (exact) mass is 426 g/mol. The lowest BCUT2D eigenvalue weighted by Crippen LogP contribution is -2.44. The highest BCUT2D eigenvalue weighted by Crippen LogP contribution is 2.20. The zero-order chi connectivity index (χ0) is 20.0. The number of likely N-dealkylation sites (N-methyl/N-ethyl adjacent to an activating group) is 1. The van der Waals surface area contributed by atoms with E-state index in [0.717, 1.165) is 41.5 Å². The van der Waals surface area contributed by atoms with E-state index in [0.29, 0.717) is 0 Å². The van der Waals surface area contributed by atoms with Crippen molar-refractivity contribution in [3.63, 3.8) is 0 Å². The van der Waals surface area contributed by atoms with E-state index in [9.17, 15) is 0 Å². The minimum absolute atomic E-state index is 0.725. The van der Waals surface area contributed by atoms with E-state index in [1.165, 1.54) is 64.7 Å². The maximum Gasteiger partial charge on any atom is 0.227 e. The molecule has 0 bridgehead atoms. The number of anilines is 1. The zero-order valence-corrected chi connectivity index (χ0v) is 19.6. The Bertz CT molecular complexity index is 537. The smallest absolute Gasteiger partial charge is 0.227 e. The molecule has 1 aliphatic heterocycles. The van der Waals surface area contributed by atoms with E-state index in [1.54, 1.807) is 23.5 Å².